The molecule has 0 bridgehead atoms. The van der Waals surface area contributed by atoms with E-state index in [2.05, 4.69) is 0 Å². The van der Waals surface area contributed by atoms with Gasteiger partial charge in [0.15, 0.2) is 0 Å². The molecule has 1 unspecified atom stereocenters. The maximum Gasteiger partial charge on any atom is 0.315 e. The van der Waals surface area contributed by atoms with Gasteiger partial charge in [0.05, 0.1) is 11.9 Å². The third kappa shape index (κ3) is 4.50. The summed E-state index contributed by atoms with van der Waals surface area (Å²) < 4.78 is 4.89. The van der Waals surface area contributed by atoms with Crippen molar-refractivity contribution in [1.29, 1.82) is 0 Å². The molecule has 0 rings (SSSR count). The zero-order chi connectivity index (χ0) is 10.6. The fourth-order valence-corrected chi connectivity index (χ4v) is 0.802. The standard InChI is InChI=1S/C9H16O4/c1-5-6(7(10)11)8(12)13-9(2,3)4/h6H,5H2,1-4H3,(H,10,11)/p-1. The van der Waals surface area contributed by atoms with E-state index < -0.39 is 23.5 Å². The molecule has 0 aromatic carbocycles. The molecule has 0 aromatic rings. The van der Waals surface area contributed by atoms with Crippen LogP contribution in [0.3, 0.4) is 0 Å². The normalized spacial score (nSPS) is 13.5. The van der Waals surface area contributed by atoms with Crippen LogP contribution >= 0.6 is 0 Å². The van der Waals surface area contributed by atoms with E-state index in [4.69, 9.17) is 4.74 Å². The summed E-state index contributed by atoms with van der Waals surface area (Å²) in [7, 11) is 0. The van der Waals surface area contributed by atoms with Crippen LogP contribution in [0.2, 0.25) is 0 Å². The SMILES string of the molecule is CCC(C(=O)[O-])C(=O)OC(C)(C)C. The Balaban J connectivity index is 4.32. The molecule has 4 nitrogen and oxygen atoms in total. The molecule has 0 radical (unpaired) electrons. The highest BCUT2D eigenvalue weighted by Crippen LogP contribution is 2.12. The Morgan fingerprint density at radius 3 is 2.08 bits per heavy atom. The highest BCUT2D eigenvalue weighted by atomic mass is 16.6. The molecule has 0 aliphatic carbocycles. The summed E-state index contributed by atoms with van der Waals surface area (Å²) in [5, 5.41) is 10.4. The molecule has 0 aliphatic heterocycles. The molecular weight excluding hydrogens is 172 g/mol. The summed E-state index contributed by atoms with van der Waals surface area (Å²) in [6.45, 7) is 6.66. The van der Waals surface area contributed by atoms with Crippen LogP contribution in [-0.4, -0.2) is 17.5 Å². The summed E-state index contributed by atoms with van der Waals surface area (Å²) in [6, 6.07) is 0. The molecule has 0 saturated heterocycles. The Bertz CT molecular complexity index is 202. The van der Waals surface area contributed by atoms with Crippen molar-refractivity contribution in [2.24, 2.45) is 5.92 Å². The van der Waals surface area contributed by atoms with E-state index in [-0.39, 0.29) is 6.42 Å². The zero-order valence-electron chi connectivity index (χ0n) is 8.42. The second-order valence-electron chi connectivity index (χ2n) is 3.81. The summed E-state index contributed by atoms with van der Waals surface area (Å²) in [4.78, 5) is 21.6. The molecule has 0 spiro atoms. The monoisotopic (exact) mass is 187 g/mol. The van der Waals surface area contributed by atoms with E-state index in [0.29, 0.717) is 0 Å². The van der Waals surface area contributed by atoms with Gasteiger partial charge < -0.3 is 14.6 Å². The van der Waals surface area contributed by atoms with Gasteiger partial charge in [-0.3, -0.25) is 4.79 Å². The minimum Gasteiger partial charge on any atom is -0.549 e. The highest BCUT2D eigenvalue weighted by molar-refractivity contribution is 5.92. The lowest BCUT2D eigenvalue weighted by atomic mass is 10.1. The molecule has 0 saturated carbocycles. The number of hydrogen-bond donors (Lipinski definition) is 0. The number of carbonyl (C=O) groups excluding carboxylic acids is 2. The van der Waals surface area contributed by atoms with Crippen molar-refractivity contribution < 1.29 is 19.4 Å². The topological polar surface area (TPSA) is 66.4 Å². The van der Waals surface area contributed by atoms with Crippen molar-refractivity contribution in [3.8, 4) is 0 Å². The van der Waals surface area contributed by atoms with Crippen LogP contribution in [0.25, 0.3) is 0 Å². The van der Waals surface area contributed by atoms with E-state index in [1.165, 1.54) is 0 Å². The Hall–Kier alpha value is -1.06. The van der Waals surface area contributed by atoms with Crippen molar-refractivity contribution in [3.63, 3.8) is 0 Å². The first-order valence-electron chi connectivity index (χ1n) is 4.21. The van der Waals surface area contributed by atoms with Crippen molar-refractivity contribution in [2.45, 2.75) is 39.7 Å². The lowest BCUT2D eigenvalue weighted by Gasteiger charge is -2.23. The second-order valence-corrected chi connectivity index (χ2v) is 3.81. The number of carbonyl (C=O) groups is 2. The van der Waals surface area contributed by atoms with Gasteiger partial charge in [0, 0.05) is 0 Å². The van der Waals surface area contributed by atoms with Crippen molar-refractivity contribution in [1.82, 2.24) is 0 Å². The van der Waals surface area contributed by atoms with E-state index in [0.717, 1.165) is 0 Å². The molecule has 1 atom stereocenters. The summed E-state index contributed by atoms with van der Waals surface area (Å²) in [5.74, 6) is -3.26. The van der Waals surface area contributed by atoms with E-state index in [1.54, 1.807) is 27.7 Å². The number of esters is 1. The first-order chi connectivity index (χ1) is 5.78. The minimum absolute atomic E-state index is 0.192. The van der Waals surface area contributed by atoms with Crippen LogP contribution in [0.5, 0.6) is 0 Å². The number of carboxylic acid groups (broad SMARTS) is 1. The Morgan fingerprint density at radius 2 is 1.85 bits per heavy atom. The molecule has 0 fully saturated rings. The van der Waals surface area contributed by atoms with Gasteiger partial charge >= 0.3 is 5.97 Å². The minimum atomic E-state index is -1.38. The van der Waals surface area contributed by atoms with E-state index >= 15 is 0 Å². The van der Waals surface area contributed by atoms with Gasteiger partial charge in [0.1, 0.15) is 5.60 Å². The van der Waals surface area contributed by atoms with Crippen molar-refractivity contribution >= 4 is 11.9 Å². The molecule has 4 heteroatoms. The van der Waals surface area contributed by atoms with Gasteiger partial charge in [-0.2, -0.15) is 0 Å². The van der Waals surface area contributed by atoms with Crippen LogP contribution in [0.15, 0.2) is 0 Å². The van der Waals surface area contributed by atoms with Gasteiger partial charge in [-0.25, -0.2) is 0 Å². The van der Waals surface area contributed by atoms with Crippen LogP contribution in [0, 0.1) is 5.92 Å². The quantitative estimate of drug-likeness (QED) is 0.464. The number of rotatable bonds is 3. The first kappa shape index (κ1) is 11.9. The van der Waals surface area contributed by atoms with Crippen molar-refractivity contribution in [3.05, 3.63) is 0 Å². The zero-order valence-corrected chi connectivity index (χ0v) is 8.42. The molecule has 0 N–H and O–H groups in total. The number of aliphatic carboxylic acids is 1. The first-order valence-corrected chi connectivity index (χ1v) is 4.21. The highest BCUT2D eigenvalue weighted by Gasteiger charge is 2.24. The van der Waals surface area contributed by atoms with Crippen LogP contribution in [0.4, 0.5) is 0 Å². The van der Waals surface area contributed by atoms with Crippen molar-refractivity contribution in [2.75, 3.05) is 0 Å². The molecule has 0 aromatic heterocycles. The van der Waals surface area contributed by atoms with Crippen LogP contribution < -0.4 is 5.11 Å². The average Bonchev–Trinajstić information content (AvgIpc) is 1.82. The maximum atomic E-state index is 11.2. The maximum absolute atomic E-state index is 11.2. The molecule has 76 valence electrons. The second kappa shape index (κ2) is 4.25. The fraction of sp³-hybridized carbons (Fsp3) is 0.778. The fourth-order valence-electron chi connectivity index (χ4n) is 0.802. The third-order valence-electron chi connectivity index (χ3n) is 1.38. The van der Waals surface area contributed by atoms with Gasteiger partial charge in [0.25, 0.3) is 0 Å². The van der Waals surface area contributed by atoms with Crippen LogP contribution in [0.1, 0.15) is 34.1 Å². The third-order valence-corrected chi connectivity index (χ3v) is 1.38. The number of hydrogen-bond acceptors (Lipinski definition) is 4. The average molecular weight is 187 g/mol. The Morgan fingerprint density at radius 1 is 1.38 bits per heavy atom. The van der Waals surface area contributed by atoms with E-state index in [1.807, 2.05) is 0 Å². The Labute approximate surface area is 77.9 Å². The smallest absolute Gasteiger partial charge is 0.315 e. The lowest BCUT2D eigenvalue weighted by molar-refractivity contribution is -0.311. The predicted molar refractivity (Wildman–Crippen MR) is 44.6 cm³/mol. The number of carboxylic acids is 1. The van der Waals surface area contributed by atoms with Gasteiger partial charge in [-0.05, 0) is 27.2 Å². The summed E-state index contributed by atoms with van der Waals surface area (Å²) >= 11 is 0. The van der Waals surface area contributed by atoms with Gasteiger partial charge in [-0.15, -0.1) is 0 Å². The van der Waals surface area contributed by atoms with Crippen LogP contribution in [-0.2, 0) is 14.3 Å². The molecule has 0 aliphatic rings. The summed E-state index contributed by atoms with van der Waals surface area (Å²) in [6.07, 6.45) is 0.192. The number of ether oxygens (including phenoxy) is 1. The van der Waals surface area contributed by atoms with E-state index in [9.17, 15) is 14.7 Å². The molecule has 0 heterocycles. The molecular formula is C9H15O4-. The predicted octanol–water partition coefficient (Wildman–Crippen LogP) is 0.104. The largest absolute Gasteiger partial charge is 0.549 e. The lowest BCUT2D eigenvalue weighted by Crippen LogP contribution is -2.39. The van der Waals surface area contributed by atoms with Gasteiger partial charge in [0.2, 0.25) is 0 Å². The Kier molecular flexibility index (Phi) is 3.91. The molecule has 0 amide bonds. The summed E-state index contributed by atoms with van der Waals surface area (Å²) in [5.41, 5.74) is -0.653. The molecule has 13 heavy (non-hydrogen) atoms. The van der Waals surface area contributed by atoms with Gasteiger partial charge in [-0.1, -0.05) is 6.92 Å².